The van der Waals surface area contributed by atoms with E-state index in [0.717, 1.165) is 21.5 Å². The summed E-state index contributed by atoms with van der Waals surface area (Å²) in [6, 6.07) is 15.9. The lowest BCUT2D eigenvalue weighted by Crippen LogP contribution is -2.14. The van der Waals surface area contributed by atoms with Crippen LogP contribution in [-0.4, -0.2) is 11.7 Å². The molecule has 4 heteroatoms. The van der Waals surface area contributed by atoms with E-state index in [9.17, 15) is 4.79 Å². The van der Waals surface area contributed by atoms with Gasteiger partial charge in [0.05, 0.1) is 5.75 Å². The van der Waals surface area contributed by atoms with Crippen LogP contribution in [0.2, 0.25) is 0 Å². The van der Waals surface area contributed by atoms with E-state index in [1.165, 1.54) is 5.56 Å². The lowest BCUT2D eigenvalue weighted by atomic mass is 10.2. The van der Waals surface area contributed by atoms with Gasteiger partial charge in [0, 0.05) is 15.9 Å². The maximum absolute atomic E-state index is 11.9. The maximum atomic E-state index is 11.9. The van der Waals surface area contributed by atoms with Gasteiger partial charge in [0.25, 0.3) is 0 Å². The van der Waals surface area contributed by atoms with Crippen molar-refractivity contribution in [1.29, 1.82) is 0 Å². The Morgan fingerprint density at radius 1 is 1.15 bits per heavy atom. The number of aryl methyl sites for hydroxylation is 1. The van der Waals surface area contributed by atoms with Crippen LogP contribution in [-0.2, 0) is 10.5 Å². The predicted octanol–water partition coefficient (Wildman–Crippen LogP) is 4.63. The molecule has 2 rings (SSSR count). The van der Waals surface area contributed by atoms with Crippen LogP contribution in [0, 0.1) is 6.92 Å². The Hall–Kier alpha value is -1.26. The molecule has 104 valence electrons. The summed E-state index contributed by atoms with van der Waals surface area (Å²) in [5.74, 6) is 1.31. The minimum Gasteiger partial charge on any atom is -0.325 e. The van der Waals surface area contributed by atoms with E-state index in [1.807, 2.05) is 49.4 Å². The number of carbonyl (C=O) groups is 1. The number of para-hydroxylation sites is 1. The third-order valence-electron chi connectivity index (χ3n) is 2.87. The summed E-state index contributed by atoms with van der Waals surface area (Å²) < 4.78 is 1.09. The molecule has 0 aromatic heterocycles. The van der Waals surface area contributed by atoms with Gasteiger partial charge in [-0.15, -0.1) is 11.8 Å². The van der Waals surface area contributed by atoms with E-state index in [2.05, 4.69) is 27.3 Å². The van der Waals surface area contributed by atoms with E-state index in [0.29, 0.717) is 5.75 Å². The second kappa shape index (κ2) is 7.50. The fraction of sp³-hybridized carbons (Fsp3) is 0.188. The molecule has 0 bridgehead atoms. The number of hydrogen-bond acceptors (Lipinski definition) is 2. The summed E-state index contributed by atoms with van der Waals surface area (Å²) >= 11 is 5.12. The van der Waals surface area contributed by atoms with E-state index in [1.54, 1.807) is 11.8 Å². The summed E-state index contributed by atoms with van der Waals surface area (Å²) in [5, 5.41) is 2.94. The normalized spacial score (nSPS) is 10.3. The van der Waals surface area contributed by atoms with Gasteiger partial charge in [-0.3, -0.25) is 4.79 Å². The van der Waals surface area contributed by atoms with E-state index >= 15 is 0 Å². The average Bonchev–Trinajstić information content (AvgIpc) is 2.43. The van der Waals surface area contributed by atoms with Gasteiger partial charge >= 0.3 is 0 Å². The molecule has 0 atom stereocenters. The first-order valence-electron chi connectivity index (χ1n) is 6.33. The first kappa shape index (κ1) is 15.1. The van der Waals surface area contributed by atoms with Crippen LogP contribution >= 0.6 is 27.7 Å². The van der Waals surface area contributed by atoms with Crippen molar-refractivity contribution >= 4 is 39.3 Å². The molecule has 0 fully saturated rings. The van der Waals surface area contributed by atoms with Crippen LogP contribution in [0.1, 0.15) is 11.1 Å². The fourth-order valence-corrected chi connectivity index (χ4v) is 3.21. The van der Waals surface area contributed by atoms with Crippen LogP contribution in [0.5, 0.6) is 0 Å². The fourth-order valence-electron chi connectivity index (χ4n) is 1.77. The number of nitrogens with one attached hydrogen (secondary N) is 1. The predicted molar refractivity (Wildman–Crippen MR) is 90.1 cm³/mol. The Balaban J connectivity index is 1.82. The largest absolute Gasteiger partial charge is 0.325 e. The number of halogens is 1. The zero-order valence-corrected chi connectivity index (χ0v) is 13.6. The Bertz CT molecular complexity index is 601. The minimum absolute atomic E-state index is 0.0383. The molecule has 0 saturated heterocycles. The first-order chi connectivity index (χ1) is 9.66. The summed E-state index contributed by atoms with van der Waals surface area (Å²) in [4.78, 5) is 11.9. The van der Waals surface area contributed by atoms with Crippen LogP contribution in [0.15, 0.2) is 53.0 Å². The van der Waals surface area contributed by atoms with E-state index in [-0.39, 0.29) is 5.91 Å². The van der Waals surface area contributed by atoms with Gasteiger partial charge in [-0.1, -0.05) is 52.3 Å². The van der Waals surface area contributed by atoms with Crippen LogP contribution < -0.4 is 5.32 Å². The molecule has 0 aliphatic carbocycles. The van der Waals surface area contributed by atoms with Crippen molar-refractivity contribution in [2.45, 2.75) is 12.7 Å². The number of rotatable bonds is 5. The summed E-state index contributed by atoms with van der Waals surface area (Å²) in [6.07, 6.45) is 0. The van der Waals surface area contributed by atoms with Crippen molar-refractivity contribution in [3.8, 4) is 0 Å². The third kappa shape index (κ3) is 4.39. The minimum atomic E-state index is 0.0383. The Morgan fingerprint density at radius 2 is 1.85 bits per heavy atom. The molecule has 2 aromatic carbocycles. The number of thioether (sulfide) groups is 1. The molecule has 0 saturated carbocycles. The lowest BCUT2D eigenvalue weighted by Gasteiger charge is -2.08. The van der Waals surface area contributed by atoms with E-state index in [4.69, 9.17) is 0 Å². The van der Waals surface area contributed by atoms with Gasteiger partial charge in [-0.25, -0.2) is 0 Å². The Kier molecular flexibility index (Phi) is 5.68. The second-order valence-electron chi connectivity index (χ2n) is 4.45. The van der Waals surface area contributed by atoms with Gasteiger partial charge in [-0.2, -0.15) is 0 Å². The number of anilines is 1. The molecule has 2 nitrogen and oxygen atoms in total. The summed E-state index contributed by atoms with van der Waals surface area (Å²) in [7, 11) is 0. The molecule has 1 amide bonds. The average molecular weight is 350 g/mol. The zero-order chi connectivity index (χ0) is 14.4. The number of benzene rings is 2. The molecule has 0 spiro atoms. The second-order valence-corrected chi connectivity index (χ2v) is 6.29. The van der Waals surface area contributed by atoms with Crippen LogP contribution in [0.25, 0.3) is 0 Å². The highest BCUT2D eigenvalue weighted by Gasteiger charge is 2.05. The SMILES string of the molecule is Cc1ccccc1NC(=O)CSCc1ccccc1Br. The molecular formula is C16H16BrNOS. The zero-order valence-electron chi connectivity index (χ0n) is 11.2. The highest BCUT2D eigenvalue weighted by Crippen LogP contribution is 2.21. The topological polar surface area (TPSA) is 29.1 Å². The molecule has 2 aromatic rings. The van der Waals surface area contributed by atoms with Gasteiger partial charge in [-0.05, 0) is 30.2 Å². The molecule has 0 unspecified atom stereocenters. The molecule has 0 aliphatic rings. The van der Waals surface area contributed by atoms with Crippen LogP contribution in [0.3, 0.4) is 0 Å². The molecular weight excluding hydrogens is 334 g/mol. The monoisotopic (exact) mass is 349 g/mol. The quantitative estimate of drug-likeness (QED) is 0.852. The highest BCUT2D eigenvalue weighted by molar-refractivity contribution is 9.10. The van der Waals surface area contributed by atoms with Gasteiger partial charge in [0.2, 0.25) is 5.91 Å². The highest BCUT2D eigenvalue weighted by atomic mass is 79.9. The van der Waals surface area contributed by atoms with E-state index < -0.39 is 0 Å². The molecule has 0 aliphatic heterocycles. The van der Waals surface area contributed by atoms with Crippen molar-refractivity contribution in [3.05, 3.63) is 64.1 Å². The molecule has 1 N–H and O–H groups in total. The number of amides is 1. The molecule has 20 heavy (non-hydrogen) atoms. The molecule has 0 radical (unpaired) electrons. The van der Waals surface area contributed by atoms with Crippen molar-refractivity contribution in [1.82, 2.24) is 0 Å². The van der Waals surface area contributed by atoms with Crippen molar-refractivity contribution in [2.24, 2.45) is 0 Å². The lowest BCUT2D eigenvalue weighted by molar-refractivity contribution is -0.113. The smallest absolute Gasteiger partial charge is 0.234 e. The third-order valence-corrected chi connectivity index (χ3v) is 4.62. The van der Waals surface area contributed by atoms with Crippen molar-refractivity contribution in [3.63, 3.8) is 0 Å². The van der Waals surface area contributed by atoms with Gasteiger partial charge in [0.15, 0.2) is 0 Å². The van der Waals surface area contributed by atoms with Crippen molar-refractivity contribution < 1.29 is 4.79 Å². The Morgan fingerprint density at radius 3 is 2.60 bits per heavy atom. The van der Waals surface area contributed by atoms with Gasteiger partial charge < -0.3 is 5.32 Å². The summed E-state index contributed by atoms with van der Waals surface area (Å²) in [5.41, 5.74) is 3.18. The van der Waals surface area contributed by atoms with Crippen molar-refractivity contribution in [2.75, 3.05) is 11.1 Å². The standard InChI is InChI=1S/C16H16BrNOS/c1-12-6-2-5-9-15(12)18-16(19)11-20-10-13-7-3-4-8-14(13)17/h2-9H,10-11H2,1H3,(H,18,19). The summed E-state index contributed by atoms with van der Waals surface area (Å²) in [6.45, 7) is 1.99. The molecule has 0 heterocycles. The number of hydrogen-bond donors (Lipinski definition) is 1. The van der Waals surface area contributed by atoms with Gasteiger partial charge in [0.1, 0.15) is 0 Å². The number of carbonyl (C=O) groups excluding carboxylic acids is 1. The maximum Gasteiger partial charge on any atom is 0.234 e. The van der Waals surface area contributed by atoms with Crippen LogP contribution in [0.4, 0.5) is 5.69 Å². The first-order valence-corrected chi connectivity index (χ1v) is 8.28. The Labute approximate surface area is 132 Å².